The van der Waals surface area contributed by atoms with Crippen molar-refractivity contribution in [3.8, 4) is 11.3 Å². The molecule has 0 bridgehead atoms. The lowest BCUT2D eigenvalue weighted by molar-refractivity contribution is -0.383. The van der Waals surface area contributed by atoms with Crippen molar-refractivity contribution in [1.82, 2.24) is 19.9 Å². The number of aryl methyl sites for hydroxylation is 3. The van der Waals surface area contributed by atoms with Crippen molar-refractivity contribution in [2.75, 3.05) is 30.8 Å². The van der Waals surface area contributed by atoms with Crippen molar-refractivity contribution in [1.29, 1.82) is 0 Å². The van der Waals surface area contributed by atoms with Crippen LogP contribution >= 0.6 is 0 Å². The minimum absolute atomic E-state index is 0.0243. The lowest BCUT2D eigenvalue weighted by atomic mass is 9.94. The van der Waals surface area contributed by atoms with Crippen LogP contribution in [-0.2, 0) is 19.4 Å². The molecule has 4 aromatic rings. The molecule has 0 saturated heterocycles. The number of nitrogens with zero attached hydrogens (tertiary/aromatic N) is 4. The van der Waals surface area contributed by atoms with E-state index in [9.17, 15) is 10.1 Å². The van der Waals surface area contributed by atoms with Crippen LogP contribution in [0.4, 0.5) is 23.0 Å². The number of anilines is 3. The summed E-state index contributed by atoms with van der Waals surface area (Å²) in [7, 11) is 1.85. The number of hydrogen-bond acceptors (Lipinski definition) is 7. The molecule has 3 heterocycles. The van der Waals surface area contributed by atoms with Crippen LogP contribution in [0.25, 0.3) is 22.2 Å². The Labute approximate surface area is 229 Å². The lowest BCUT2D eigenvalue weighted by Gasteiger charge is -2.17. The summed E-state index contributed by atoms with van der Waals surface area (Å²) in [5.41, 5.74) is 7.96. The standard InChI is InChI=1S/C30H37N7O2/c1-5-19(3)23-17-33-30(34-25-16-27(37(38)39)26(15-20(25)6-2)32-13-12-31-4)35-28(23)24-18-36-14-8-10-21-9-7-11-22(24)29(21)36/h7,9,11,15-19,31-32H,5-6,8,10,12-14H2,1-4H3,(H,33,34,35). The summed E-state index contributed by atoms with van der Waals surface area (Å²) >= 11 is 0. The van der Waals surface area contributed by atoms with Gasteiger partial charge < -0.3 is 20.5 Å². The van der Waals surface area contributed by atoms with Gasteiger partial charge in [-0.25, -0.2) is 9.97 Å². The molecule has 1 aliphatic heterocycles. The van der Waals surface area contributed by atoms with E-state index in [-0.39, 0.29) is 16.5 Å². The first kappa shape index (κ1) is 26.6. The summed E-state index contributed by atoms with van der Waals surface area (Å²) in [5, 5.41) is 22.7. The third kappa shape index (κ3) is 5.18. The second-order valence-electron chi connectivity index (χ2n) is 10.3. The number of nitrogens with one attached hydrogen (secondary N) is 3. The average Bonchev–Trinajstić information content (AvgIpc) is 3.33. The molecule has 3 N–H and O–H groups in total. The topological polar surface area (TPSA) is 110 Å². The van der Waals surface area contributed by atoms with E-state index in [1.807, 2.05) is 26.2 Å². The normalized spacial score (nSPS) is 13.4. The molecule has 1 aliphatic rings. The number of nitro benzene ring substituents is 1. The second kappa shape index (κ2) is 11.4. The molecule has 0 saturated carbocycles. The number of rotatable bonds is 11. The van der Waals surface area contributed by atoms with Crippen molar-refractivity contribution in [2.45, 2.75) is 58.9 Å². The van der Waals surface area contributed by atoms with Crippen LogP contribution in [0.1, 0.15) is 56.2 Å². The van der Waals surface area contributed by atoms with Crippen LogP contribution < -0.4 is 16.0 Å². The van der Waals surface area contributed by atoms with Crippen LogP contribution in [0.2, 0.25) is 0 Å². The van der Waals surface area contributed by atoms with Crippen molar-refractivity contribution >= 4 is 33.9 Å². The fourth-order valence-electron chi connectivity index (χ4n) is 5.47. The summed E-state index contributed by atoms with van der Waals surface area (Å²) in [6.45, 7) is 8.71. The Morgan fingerprint density at radius 2 is 2.03 bits per heavy atom. The lowest BCUT2D eigenvalue weighted by Crippen LogP contribution is -2.18. The first-order chi connectivity index (χ1) is 18.9. The largest absolute Gasteiger partial charge is 0.378 e. The van der Waals surface area contributed by atoms with E-state index in [4.69, 9.17) is 4.98 Å². The van der Waals surface area contributed by atoms with E-state index in [0.717, 1.165) is 48.2 Å². The van der Waals surface area contributed by atoms with Gasteiger partial charge in [0, 0.05) is 49.0 Å². The molecule has 5 rings (SSSR count). The summed E-state index contributed by atoms with van der Waals surface area (Å²) in [6.07, 6.45) is 8.05. The smallest absolute Gasteiger partial charge is 0.294 e. The van der Waals surface area contributed by atoms with Crippen molar-refractivity contribution in [3.63, 3.8) is 0 Å². The van der Waals surface area contributed by atoms with E-state index >= 15 is 0 Å². The van der Waals surface area contributed by atoms with Crippen molar-refractivity contribution in [2.24, 2.45) is 0 Å². The summed E-state index contributed by atoms with van der Waals surface area (Å²) < 4.78 is 2.36. The van der Waals surface area contributed by atoms with Gasteiger partial charge in [0.2, 0.25) is 5.95 Å². The van der Waals surface area contributed by atoms with Crippen molar-refractivity contribution in [3.05, 3.63) is 69.5 Å². The predicted octanol–water partition coefficient (Wildman–Crippen LogP) is 6.40. The zero-order chi connectivity index (χ0) is 27.5. The quantitative estimate of drug-likeness (QED) is 0.118. The highest BCUT2D eigenvalue weighted by molar-refractivity contribution is 5.98. The average molecular weight is 528 g/mol. The molecule has 0 spiro atoms. The van der Waals surface area contributed by atoms with E-state index in [2.05, 4.69) is 63.7 Å². The van der Waals surface area contributed by atoms with Gasteiger partial charge >= 0.3 is 0 Å². The SMILES string of the molecule is CCc1cc(NCCNC)c([N+](=O)[O-])cc1Nc1ncc(C(C)CC)c(-c2cn3c4c(cccc24)CCC3)n1. The Morgan fingerprint density at radius 3 is 2.77 bits per heavy atom. The molecular weight excluding hydrogens is 490 g/mol. The molecule has 0 radical (unpaired) electrons. The Balaban J connectivity index is 1.59. The minimum Gasteiger partial charge on any atom is -0.378 e. The van der Waals surface area contributed by atoms with Gasteiger partial charge in [-0.05, 0) is 61.4 Å². The molecule has 39 heavy (non-hydrogen) atoms. The number of nitro groups is 1. The van der Waals surface area contributed by atoms with E-state index in [1.54, 1.807) is 6.07 Å². The molecule has 1 atom stereocenters. The van der Waals surface area contributed by atoms with Gasteiger partial charge in [0.25, 0.3) is 5.69 Å². The zero-order valence-corrected chi connectivity index (χ0v) is 23.2. The Kier molecular flexibility index (Phi) is 7.79. The molecule has 0 fully saturated rings. The molecule has 1 unspecified atom stereocenters. The number of benzene rings is 2. The van der Waals surface area contributed by atoms with Gasteiger partial charge in [-0.15, -0.1) is 0 Å². The van der Waals surface area contributed by atoms with Gasteiger partial charge in [-0.2, -0.15) is 0 Å². The molecule has 2 aromatic carbocycles. The van der Waals surface area contributed by atoms with E-state index < -0.39 is 0 Å². The Bertz CT molecular complexity index is 1510. The Hall–Kier alpha value is -3.98. The Morgan fingerprint density at radius 1 is 1.18 bits per heavy atom. The maximum absolute atomic E-state index is 11.9. The molecule has 9 nitrogen and oxygen atoms in total. The maximum atomic E-state index is 11.9. The van der Waals surface area contributed by atoms with E-state index in [1.165, 1.54) is 16.5 Å². The minimum atomic E-state index is -0.349. The van der Waals surface area contributed by atoms with Gasteiger partial charge in [-0.1, -0.05) is 39.0 Å². The second-order valence-corrected chi connectivity index (χ2v) is 10.3. The monoisotopic (exact) mass is 527 g/mol. The highest BCUT2D eigenvalue weighted by Gasteiger charge is 2.23. The fraction of sp³-hybridized carbons (Fsp3) is 0.400. The summed E-state index contributed by atoms with van der Waals surface area (Å²) in [4.78, 5) is 21.3. The van der Waals surface area contributed by atoms with E-state index in [0.29, 0.717) is 36.8 Å². The molecule has 2 aromatic heterocycles. The van der Waals surface area contributed by atoms with Crippen LogP contribution in [0, 0.1) is 10.1 Å². The fourth-order valence-corrected chi connectivity index (χ4v) is 5.47. The van der Waals surface area contributed by atoms with Gasteiger partial charge in [0.1, 0.15) is 5.69 Å². The van der Waals surface area contributed by atoms with Gasteiger partial charge in [0.15, 0.2) is 0 Å². The van der Waals surface area contributed by atoms with Crippen LogP contribution in [0.5, 0.6) is 0 Å². The predicted molar refractivity (Wildman–Crippen MR) is 158 cm³/mol. The molecule has 9 heteroatoms. The van der Waals surface area contributed by atoms with Crippen LogP contribution in [0.3, 0.4) is 0 Å². The highest BCUT2D eigenvalue weighted by atomic mass is 16.6. The molecular formula is C30H37N7O2. The number of hydrogen-bond donors (Lipinski definition) is 3. The highest BCUT2D eigenvalue weighted by Crippen LogP contribution is 2.39. The number of likely N-dealkylation sites (N-methyl/N-ethyl adjacent to an activating group) is 1. The number of aromatic nitrogens is 3. The van der Waals surface area contributed by atoms with Crippen LogP contribution in [-0.4, -0.2) is 39.6 Å². The third-order valence-electron chi connectivity index (χ3n) is 7.78. The molecule has 204 valence electrons. The molecule has 0 aliphatic carbocycles. The summed E-state index contributed by atoms with van der Waals surface area (Å²) in [6, 6.07) is 9.99. The first-order valence-corrected chi connectivity index (χ1v) is 13.9. The van der Waals surface area contributed by atoms with Crippen LogP contribution in [0.15, 0.2) is 42.7 Å². The van der Waals surface area contributed by atoms with Crippen molar-refractivity contribution < 1.29 is 4.92 Å². The molecule has 0 amide bonds. The van der Waals surface area contributed by atoms with Gasteiger partial charge in [0.05, 0.1) is 21.8 Å². The first-order valence-electron chi connectivity index (χ1n) is 13.9. The maximum Gasteiger partial charge on any atom is 0.294 e. The third-order valence-corrected chi connectivity index (χ3v) is 7.78. The van der Waals surface area contributed by atoms with Gasteiger partial charge in [-0.3, -0.25) is 10.1 Å². The zero-order valence-electron chi connectivity index (χ0n) is 23.2. The summed E-state index contributed by atoms with van der Waals surface area (Å²) in [5.74, 6) is 0.722. The number of para-hydroxylation sites is 1.